The topological polar surface area (TPSA) is 48.8 Å². The van der Waals surface area contributed by atoms with Crippen molar-refractivity contribution in [2.45, 2.75) is 33.7 Å². The monoisotopic (exact) mass is 676 g/mol. The van der Waals surface area contributed by atoms with Crippen LogP contribution in [0.25, 0.3) is 0 Å². The summed E-state index contributed by atoms with van der Waals surface area (Å²) in [6.45, 7) is 8.64. The van der Waals surface area contributed by atoms with Crippen LogP contribution >= 0.6 is 15.8 Å². The molecule has 6 heteroatoms. The summed E-state index contributed by atoms with van der Waals surface area (Å²) in [5.41, 5.74) is 6.92. The van der Waals surface area contributed by atoms with Crippen molar-refractivity contribution in [3.05, 3.63) is 175 Å². The molecule has 0 unspecified atom stereocenters. The Hall–Kier alpha value is -4.88. The van der Waals surface area contributed by atoms with Gasteiger partial charge in [0.25, 0.3) is 0 Å². The van der Waals surface area contributed by atoms with Crippen LogP contribution in [0.4, 0.5) is 17.1 Å². The molecule has 0 saturated carbocycles. The highest BCUT2D eigenvalue weighted by molar-refractivity contribution is 7.88. The summed E-state index contributed by atoms with van der Waals surface area (Å²) in [5, 5.41) is 12.6. The van der Waals surface area contributed by atoms with Gasteiger partial charge in [0.05, 0.1) is 11.4 Å². The fraction of sp³-hybridized carbons (Fsp3) is 0.116. The number of nitrogens with zero attached hydrogens (tertiary/aromatic N) is 2. The number of hydrogen-bond donors (Lipinski definition) is 2. The van der Waals surface area contributed by atoms with E-state index in [9.17, 15) is 0 Å². The van der Waals surface area contributed by atoms with Gasteiger partial charge >= 0.3 is 0 Å². The molecule has 0 atom stereocenters. The Bertz CT molecular complexity index is 1910. The minimum absolute atomic E-state index is 0.192. The van der Waals surface area contributed by atoms with E-state index in [-0.39, 0.29) is 6.04 Å². The third-order valence-electron chi connectivity index (χ3n) is 7.95. The molecule has 0 radical (unpaired) electrons. The zero-order valence-electron chi connectivity index (χ0n) is 28.5. The van der Waals surface area contributed by atoms with Crippen molar-refractivity contribution in [2.75, 3.05) is 5.32 Å². The maximum atomic E-state index is 5.53. The number of anilines is 1. The summed E-state index contributed by atoms with van der Waals surface area (Å²) in [6.07, 6.45) is 0. The second-order valence-electron chi connectivity index (χ2n) is 12.1. The van der Waals surface area contributed by atoms with Gasteiger partial charge in [-0.1, -0.05) is 152 Å². The van der Waals surface area contributed by atoms with Crippen molar-refractivity contribution in [3.63, 3.8) is 0 Å². The Morgan fingerprint density at radius 3 is 1.18 bits per heavy atom. The van der Waals surface area contributed by atoms with Crippen LogP contribution in [0.2, 0.25) is 0 Å². The molecule has 49 heavy (non-hydrogen) atoms. The maximum Gasteiger partial charge on any atom is 0.139 e. The average molecular weight is 677 g/mol. The molecule has 0 amide bonds. The van der Waals surface area contributed by atoms with E-state index in [4.69, 9.17) is 9.98 Å². The number of aryl methyl sites for hydroxylation is 2. The van der Waals surface area contributed by atoms with Gasteiger partial charge in [0.2, 0.25) is 0 Å². The predicted octanol–water partition coefficient (Wildman–Crippen LogP) is 9.65. The third-order valence-corrected chi connectivity index (χ3v) is 12.5. The molecule has 244 valence electrons. The second kappa shape index (κ2) is 16.5. The molecule has 6 aromatic carbocycles. The Morgan fingerprint density at radius 2 is 0.796 bits per heavy atom. The van der Waals surface area contributed by atoms with Crippen molar-refractivity contribution in [1.29, 1.82) is 0 Å². The Kier molecular flexibility index (Phi) is 11.4. The Labute approximate surface area is 293 Å². The molecule has 2 N–H and O–H groups in total. The van der Waals surface area contributed by atoms with Crippen molar-refractivity contribution in [3.8, 4) is 0 Å². The zero-order chi connectivity index (χ0) is 34.0. The molecule has 0 fully saturated rings. The number of rotatable bonds is 10. The summed E-state index contributed by atoms with van der Waals surface area (Å²) in [5.74, 6) is 0. The van der Waals surface area contributed by atoms with Gasteiger partial charge in [-0.15, -0.1) is 0 Å². The average Bonchev–Trinajstić information content (AvgIpc) is 3.12. The van der Waals surface area contributed by atoms with E-state index in [0.717, 1.165) is 28.2 Å². The zero-order valence-corrected chi connectivity index (χ0v) is 30.2. The van der Waals surface area contributed by atoms with E-state index in [2.05, 4.69) is 196 Å². The molecule has 0 aromatic heterocycles. The van der Waals surface area contributed by atoms with Gasteiger partial charge in [-0.3, -0.25) is 0 Å². The highest BCUT2D eigenvalue weighted by Crippen LogP contribution is 2.42. The Balaban J connectivity index is 1.56. The summed E-state index contributed by atoms with van der Waals surface area (Å²) in [7, 11) is -2.00. The minimum Gasteiger partial charge on any atom is -0.367 e. The maximum absolute atomic E-state index is 5.53. The molecule has 0 spiro atoms. The second-order valence-corrected chi connectivity index (χ2v) is 16.3. The van der Waals surface area contributed by atoms with Crippen molar-refractivity contribution >= 4 is 65.3 Å². The van der Waals surface area contributed by atoms with Gasteiger partial charge in [-0.25, -0.2) is 9.98 Å². The predicted molar refractivity (Wildman–Crippen MR) is 217 cm³/mol. The first-order valence-corrected chi connectivity index (χ1v) is 19.3. The van der Waals surface area contributed by atoms with E-state index in [1.807, 2.05) is 6.07 Å². The SMILES string of the molecule is Cc1cccc(C)c1N/C(=N/c1ccccc1/N=C(/NC(C)C)P(c1ccccc1)c1ccccc1)P(c1ccccc1)c1ccccc1. The lowest BCUT2D eigenvalue weighted by atomic mass is 10.1. The summed E-state index contributed by atoms with van der Waals surface area (Å²) >= 11 is 0. The van der Waals surface area contributed by atoms with Gasteiger partial charge in [-0.2, -0.15) is 0 Å². The molecule has 6 aromatic rings. The largest absolute Gasteiger partial charge is 0.367 e. The lowest BCUT2D eigenvalue weighted by Gasteiger charge is -2.25. The van der Waals surface area contributed by atoms with E-state index < -0.39 is 15.8 Å². The fourth-order valence-electron chi connectivity index (χ4n) is 5.64. The van der Waals surface area contributed by atoms with Gasteiger partial charge in [0.15, 0.2) is 0 Å². The lowest BCUT2D eigenvalue weighted by molar-refractivity contribution is 0.740. The number of aliphatic imine (C=N–C) groups is 2. The van der Waals surface area contributed by atoms with Gasteiger partial charge in [0, 0.05) is 27.6 Å². The van der Waals surface area contributed by atoms with Gasteiger partial charge in [-0.05, 0) is 72.2 Å². The van der Waals surface area contributed by atoms with E-state index >= 15 is 0 Å². The van der Waals surface area contributed by atoms with Crippen LogP contribution in [-0.2, 0) is 0 Å². The smallest absolute Gasteiger partial charge is 0.139 e. The summed E-state index contributed by atoms with van der Waals surface area (Å²) < 4.78 is 0. The third kappa shape index (κ3) is 8.59. The standard InChI is InChI=1S/C43H42N4P2/c1-32(2)44-42(48(35-22-9-5-10-23-35)36-24-11-6-12-25-36)45-39-30-17-18-31-40(39)46-43(47-41-33(3)20-19-21-34(41)4)49(37-26-13-7-14-27-37)38-28-15-8-16-29-38/h5-32H,1-4H3,(H,44,45)(H,46,47). The first-order valence-electron chi connectivity index (χ1n) is 16.6. The van der Waals surface area contributed by atoms with Crippen LogP contribution in [0.15, 0.2) is 174 Å². The van der Waals surface area contributed by atoms with Crippen molar-refractivity contribution < 1.29 is 0 Å². The van der Waals surface area contributed by atoms with Crippen LogP contribution in [0.3, 0.4) is 0 Å². The number of para-hydroxylation sites is 3. The quantitative estimate of drug-likeness (QED) is 0.0863. The molecule has 0 heterocycles. The normalized spacial score (nSPS) is 12.1. The van der Waals surface area contributed by atoms with Crippen LogP contribution < -0.4 is 31.9 Å². The summed E-state index contributed by atoms with van der Waals surface area (Å²) in [4.78, 5) is 11.0. The number of nitrogens with one attached hydrogen (secondary N) is 2. The van der Waals surface area contributed by atoms with Gasteiger partial charge < -0.3 is 10.6 Å². The first kappa shape index (κ1) is 34.0. The van der Waals surface area contributed by atoms with E-state index in [1.165, 1.54) is 32.3 Å². The number of benzene rings is 6. The van der Waals surface area contributed by atoms with Crippen LogP contribution in [-0.4, -0.2) is 17.2 Å². The lowest BCUT2D eigenvalue weighted by Crippen LogP contribution is -2.34. The molecular weight excluding hydrogens is 634 g/mol. The van der Waals surface area contributed by atoms with Crippen molar-refractivity contribution in [1.82, 2.24) is 5.32 Å². The number of hydrogen-bond acceptors (Lipinski definition) is 2. The van der Waals surface area contributed by atoms with Crippen molar-refractivity contribution in [2.24, 2.45) is 9.98 Å². The molecule has 0 aliphatic carbocycles. The molecule has 4 nitrogen and oxygen atoms in total. The highest BCUT2D eigenvalue weighted by atomic mass is 31.1. The first-order chi connectivity index (χ1) is 24.0. The number of amidine groups is 2. The van der Waals surface area contributed by atoms with Gasteiger partial charge in [0.1, 0.15) is 11.2 Å². The fourth-order valence-corrected chi connectivity index (χ4v) is 10.1. The highest BCUT2D eigenvalue weighted by Gasteiger charge is 2.24. The van der Waals surface area contributed by atoms with E-state index in [0.29, 0.717) is 0 Å². The molecule has 0 bridgehead atoms. The molecule has 6 rings (SSSR count). The molecule has 0 saturated heterocycles. The Morgan fingerprint density at radius 1 is 0.449 bits per heavy atom. The van der Waals surface area contributed by atoms with Crippen LogP contribution in [0.5, 0.6) is 0 Å². The molecule has 0 aliphatic heterocycles. The summed E-state index contributed by atoms with van der Waals surface area (Å²) in [6, 6.07) is 57.7. The molecule has 0 aliphatic rings. The van der Waals surface area contributed by atoms with Crippen LogP contribution in [0.1, 0.15) is 25.0 Å². The molecular formula is C43H42N4P2. The van der Waals surface area contributed by atoms with Crippen LogP contribution in [0, 0.1) is 13.8 Å². The minimum atomic E-state index is -1.04. The van der Waals surface area contributed by atoms with E-state index in [1.54, 1.807) is 0 Å².